The number of nitrogens with one attached hydrogen (secondary N) is 3. The first kappa shape index (κ1) is 29.2. The van der Waals surface area contributed by atoms with E-state index in [0.29, 0.717) is 36.2 Å². The third kappa shape index (κ3) is 8.06. The van der Waals surface area contributed by atoms with Crippen molar-refractivity contribution in [3.63, 3.8) is 0 Å². The number of methoxy groups -OCH3 is 1. The molecule has 0 saturated carbocycles. The maximum Gasteiger partial charge on any atom is 0.245 e. The molecule has 202 valence electrons. The number of carbonyl (C=O) groups excluding carboxylic acids is 2. The second kappa shape index (κ2) is 14.0. The van der Waals surface area contributed by atoms with Crippen LogP contribution in [-0.4, -0.2) is 75.9 Å². The standard InChI is InChI=1S/C27H37Cl2N5O3/c1-18(31-19(2)37-4)22-7-5-6-8-25(22)33-11-13-34(14-12-33)27(36)24(32-26(35)17-30-3)15-20-9-10-21(28)16-23(20)29/h5-10,16,18-19,24,30-31H,11-15,17H2,1-4H3,(H,32,35). The summed E-state index contributed by atoms with van der Waals surface area (Å²) in [5.74, 6) is -0.363. The molecule has 1 heterocycles. The van der Waals surface area contributed by atoms with Crippen LogP contribution in [0, 0.1) is 0 Å². The minimum absolute atomic E-state index is 0.0679. The summed E-state index contributed by atoms with van der Waals surface area (Å²) < 4.78 is 5.37. The molecule has 2 aromatic carbocycles. The highest BCUT2D eigenvalue weighted by atomic mass is 35.5. The Morgan fingerprint density at radius 3 is 2.41 bits per heavy atom. The van der Waals surface area contributed by atoms with Gasteiger partial charge in [-0.2, -0.15) is 0 Å². The third-order valence-corrected chi connectivity index (χ3v) is 7.17. The molecule has 1 aliphatic heterocycles. The normalized spacial score (nSPS) is 16.3. The average Bonchev–Trinajstić information content (AvgIpc) is 2.89. The van der Waals surface area contributed by atoms with E-state index in [2.05, 4.69) is 39.9 Å². The lowest BCUT2D eigenvalue weighted by atomic mass is 10.0. The van der Waals surface area contributed by atoms with Gasteiger partial charge in [-0.25, -0.2) is 0 Å². The van der Waals surface area contributed by atoms with Crippen molar-refractivity contribution in [2.75, 3.05) is 51.8 Å². The first-order valence-electron chi connectivity index (χ1n) is 12.5. The zero-order valence-electron chi connectivity index (χ0n) is 21.9. The summed E-state index contributed by atoms with van der Waals surface area (Å²) in [5.41, 5.74) is 3.08. The van der Waals surface area contributed by atoms with Crippen molar-refractivity contribution in [3.05, 3.63) is 63.6 Å². The number of rotatable bonds is 11. The Hall–Kier alpha value is -2.36. The first-order valence-corrected chi connectivity index (χ1v) is 13.3. The van der Waals surface area contributed by atoms with Gasteiger partial charge in [0, 0.05) is 61.5 Å². The van der Waals surface area contributed by atoms with Gasteiger partial charge in [0.15, 0.2) is 0 Å². The Morgan fingerprint density at radius 2 is 1.76 bits per heavy atom. The largest absolute Gasteiger partial charge is 0.368 e. The maximum atomic E-state index is 13.6. The van der Waals surface area contributed by atoms with Gasteiger partial charge in [-0.15, -0.1) is 0 Å². The number of anilines is 1. The second-order valence-electron chi connectivity index (χ2n) is 9.23. The molecule has 0 bridgehead atoms. The van der Waals surface area contributed by atoms with Gasteiger partial charge in [0.1, 0.15) is 12.3 Å². The van der Waals surface area contributed by atoms with E-state index in [1.807, 2.05) is 24.0 Å². The van der Waals surface area contributed by atoms with Gasteiger partial charge in [0.2, 0.25) is 11.8 Å². The number of nitrogens with zero attached hydrogens (tertiary/aromatic N) is 2. The second-order valence-corrected chi connectivity index (χ2v) is 10.1. The Bertz CT molecular complexity index is 1060. The van der Waals surface area contributed by atoms with Gasteiger partial charge in [0.25, 0.3) is 0 Å². The van der Waals surface area contributed by atoms with Crippen LogP contribution in [0.15, 0.2) is 42.5 Å². The molecule has 0 spiro atoms. The van der Waals surface area contributed by atoms with Gasteiger partial charge in [0.05, 0.1) is 6.54 Å². The fraction of sp³-hybridized carbons (Fsp3) is 0.481. The van der Waals surface area contributed by atoms with E-state index in [1.165, 1.54) is 5.56 Å². The lowest BCUT2D eigenvalue weighted by Gasteiger charge is -2.39. The Balaban J connectivity index is 1.71. The molecule has 3 atom stereocenters. The van der Waals surface area contributed by atoms with Gasteiger partial charge < -0.3 is 25.2 Å². The van der Waals surface area contributed by atoms with E-state index in [4.69, 9.17) is 27.9 Å². The quantitative estimate of drug-likeness (QED) is 0.373. The Labute approximate surface area is 229 Å². The predicted octanol–water partition coefficient (Wildman–Crippen LogP) is 3.23. The van der Waals surface area contributed by atoms with E-state index >= 15 is 0 Å². The number of halogens is 2. The summed E-state index contributed by atoms with van der Waals surface area (Å²) in [6, 6.07) is 12.9. The molecule has 10 heteroatoms. The zero-order valence-corrected chi connectivity index (χ0v) is 23.4. The van der Waals surface area contributed by atoms with Crippen molar-refractivity contribution >= 4 is 40.7 Å². The molecule has 3 unspecified atom stereocenters. The highest BCUT2D eigenvalue weighted by molar-refractivity contribution is 6.35. The Kier molecular flexibility index (Phi) is 11.0. The van der Waals surface area contributed by atoms with Crippen LogP contribution >= 0.6 is 23.2 Å². The molecule has 1 aliphatic rings. The lowest BCUT2D eigenvalue weighted by molar-refractivity contribution is -0.136. The number of carbonyl (C=O) groups is 2. The highest BCUT2D eigenvalue weighted by Crippen LogP contribution is 2.28. The molecule has 1 saturated heterocycles. The minimum atomic E-state index is -0.724. The van der Waals surface area contributed by atoms with Crippen LogP contribution in [-0.2, 0) is 20.7 Å². The van der Waals surface area contributed by atoms with Crippen molar-refractivity contribution in [1.29, 1.82) is 0 Å². The van der Waals surface area contributed by atoms with Crippen molar-refractivity contribution < 1.29 is 14.3 Å². The van der Waals surface area contributed by atoms with Crippen molar-refractivity contribution in [1.82, 2.24) is 20.9 Å². The van der Waals surface area contributed by atoms with Crippen LogP contribution in [0.3, 0.4) is 0 Å². The van der Waals surface area contributed by atoms with Crippen molar-refractivity contribution in [3.8, 4) is 0 Å². The van der Waals surface area contributed by atoms with Crippen molar-refractivity contribution in [2.24, 2.45) is 0 Å². The average molecular weight is 551 g/mol. The van der Waals surface area contributed by atoms with Crippen LogP contribution in [0.5, 0.6) is 0 Å². The van der Waals surface area contributed by atoms with Gasteiger partial charge in [-0.3, -0.25) is 14.9 Å². The van der Waals surface area contributed by atoms with E-state index in [9.17, 15) is 9.59 Å². The summed E-state index contributed by atoms with van der Waals surface area (Å²) in [6.45, 7) is 6.70. The Morgan fingerprint density at radius 1 is 1.05 bits per heavy atom. The molecular weight excluding hydrogens is 513 g/mol. The summed E-state index contributed by atoms with van der Waals surface area (Å²) in [7, 11) is 3.37. The van der Waals surface area contributed by atoms with Gasteiger partial charge >= 0.3 is 0 Å². The SMILES string of the molecule is CNCC(=O)NC(Cc1ccc(Cl)cc1Cl)C(=O)N1CCN(c2ccccc2C(C)NC(C)OC)CC1. The molecule has 0 aliphatic carbocycles. The molecule has 2 aromatic rings. The van der Waals surface area contributed by atoms with Crippen molar-refractivity contribution in [2.45, 2.75) is 38.6 Å². The van der Waals surface area contributed by atoms with E-state index in [1.54, 1.807) is 32.4 Å². The number of para-hydroxylation sites is 1. The number of benzene rings is 2. The predicted molar refractivity (Wildman–Crippen MR) is 149 cm³/mol. The third-order valence-electron chi connectivity index (χ3n) is 6.58. The molecular formula is C27H37Cl2N5O3. The van der Waals surface area contributed by atoms with E-state index in [0.717, 1.165) is 11.3 Å². The van der Waals surface area contributed by atoms with Crippen LogP contribution < -0.4 is 20.9 Å². The summed E-state index contributed by atoms with van der Waals surface area (Å²) in [5, 5.41) is 10.1. The number of hydrogen-bond donors (Lipinski definition) is 3. The molecule has 0 radical (unpaired) electrons. The number of amides is 2. The number of piperazine rings is 1. The van der Waals surface area contributed by atoms with Gasteiger partial charge in [-0.1, -0.05) is 47.5 Å². The minimum Gasteiger partial charge on any atom is -0.368 e. The zero-order chi connectivity index (χ0) is 26.9. The van der Waals surface area contributed by atoms with E-state index in [-0.39, 0.29) is 37.0 Å². The van der Waals surface area contributed by atoms with E-state index < -0.39 is 6.04 Å². The van der Waals surface area contributed by atoms with Crippen LogP contribution in [0.1, 0.15) is 31.0 Å². The maximum absolute atomic E-state index is 13.6. The molecule has 3 N–H and O–H groups in total. The summed E-state index contributed by atoms with van der Waals surface area (Å²) >= 11 is 12.4. The fourth-order valence-electron chi connectivity index (χ4n) is 4.55. The highest BCUT2D eigenvalue weighted by Gasteiger charge is 2.30. The smallest absolute Gasteiger partial charge is 0.245 e. The molecule has 2 amide bonds. The molecule has 1 fully saturated rings. The lowest BCUT2D eigenvalue weighted by Crippen LogP contribution is -2.56. The first-order chi connectivity index (χ1) is 17.7. The van der Waals surface area contributed by atoms with Crippen LogP contribution in [0.2, 0.25) is 10.0 Å². The summed E-state index contributed by atoms with van der Waals surface area (Å²) in [4.78, 5) is 30.1. The van der Waals surface area contributed by atoms with Crippen LogP contribution in [0.25, 0.3) is 0 Å². The fourth-order valence-corrected chi connectivity index (χ4v) is 5.04. The molecule has 37 heavy (non-hydrogen) atoms. The monoisotopic (exact) mass is 549 g/mol. The molecule has 3 rings (SSSR count). The number of ether oxygens (including phenoxy) is 1. The number of hydrogen-bond acceptors (Lipinski definition) is 6. The van der Waals surface area contributed by atoms with Crippen LogP contribution in [0.4, 0.5) is 5.69 Å². The molecule has 0 aromatic heterocycles. The number of likely N-dealkylation sites (N-methyl/N-ethyl adjacent to an activating group) is 1. The summed E-state index contributed by atoms with van der Waals surface area (Å²) in [6.07, 6.45) is 0.218. The topological polar surface area (TPSA) is 85.9 Å². The molecule has 8 nitrogen and oxygen atoms in total. The van der Waals surface area contributed by atoms with Gasteiger partial charge in [-0.05, 0) is 50.2 Å².